The summed E-state index contributed by atoms with van der Waals surface area (Å²) >= 11 is 20.3. The van der Waals surface area contributed by atoms with E-state index in [1.807, 2.05) is 36.4 Å². The average molecular weight is 569 g/mol. The van der Waals surface area contributed by atoms with Gasteiger partial charge in [-0.2, -0.15) is 0 Å². The number of fused-ring (bicyclic) bond motifs is 1. The van der Waals surface area contributed by atoms with E-state index in [1.165, 1.54) is 29.7 Å². The Hall–Kier alpha value is -3.30. The first-order valence-corrected chi connectivity index (χ1v) is 13.1. The SMILES string of the molecule is CC(=O)c1sc2c(c1C1(Cl)C=C(Cl)C=CC1C(=O)O)c(=O)n(-c1ccccc1)c(=S)n2-c1ccccc1. The summed E-state index contributed by atoms with van der Waals surface area (Å²) in [4.78, 5) is 38.3. The molecule has 2 unspecified atom stereocenters. The topological polar surface area (TPSA) is 81.3 Å². The molecule has 6 nitrogen and oxygen atoms in total. The number of allylic oxidation sites excluding steroid dienone is 3. The number of halogens is 2. The molecule has 0 aliphatic heterocycles. The van der Waals surface area contributed by atoms with Crippen LogP contribution in [0, 0.1) is 10.7 Å². The molecule has 2 aromatic carbocycles. The van der Waals surface area contributed by atoms with Crippen molar-refractivity contribution < 1.29 is 14.7 Å². The van der Waals surface area contributed by atoms with Gasteiger partial charge in [-0.25, -0.2) is 0 Å². The minimum Gasteiger partial charge on any atom is -0.481 e. The van der Waals surface area contributed by atoms with Gasteiger partial charge in [0.05, 0.1) is 16.0 Å². The van der Waals surface area contributed by atoms with Crippen molar-refractivity contribution in [2.45, 2.75) is 11.8 Å². The highest BCUT2D eigenvalue weighted by Gasteiger charge is 2.47. The van der Waals surface area contributed by atoms with Gasteiger partial charge in [0.25, 0.3) is 5.56 Å². The van der Waals surface area contributed by atoms with Crippen LogP contribution < -0.4 is 5.56 Å². The van der Waals surface area contributed by atoms with Gasteiger partial charge in [0, 0.05) is 16.3 Å². The van der Waals surface area contributed by atoms with Crippen molar-refractivity contribution >= 4 is 68.7 Å². The third-order valence-corrected chi connectivity index (χ3v) is 8.55. The summed E-state index contributed by atoms with van der Waals surface area (Å²) in [5, 5.41) is 10.3. The first kappa shape index (κ1) is 25.4. The molecule has 2 aromatic heterocycles. The smallest absolute Gasteiger partial charge is 0.312 e. The number of hydrogen-bond acceptors (Lipinski definition) is 5. The van der Waals surface area contributed by atoms with Gasteiger partial charge in [0.15, 0.2) is 10.6 Å². The van der Waals surface area contributed by atoms with E-state index in [2.05, 4.69) is 0 Å². The highest BCUT2D eigenvalue weighted by Crippen LogP contribution is 2.49. The summed E-state index contributed by atoms with van der Waals surface area (Å²) in [6.45, 7) is 1.35. The molecular formula is C27H18Cl2N2O4S2. The van der Waals surface area contributed by atoms with E-state index in [1.54, 1.807) is 28.8 Å². The van der Waals surface area contributed by atoms with Crippen molar-refractivity contribution in [3.63, 3.8) is 0 Å². The van der Waals surface area contributed by atoms with Gasteiger partial charge in [-0.15, -0.1) is 22.9 Å². The number of hydrogen-bond donors (Lipinski definition) is 1. The van der Waals surface area contributed by atoms with Gasteiger partial charge < -0.3 is 5.11 Å². The van der Waals surface area contributed by atoms with E-state index >= 15 is 0 Å². The van der Waals surface area contributed by atoms with Crippen molar-refractivity contribution in [1.82, 2.24) is 9.13 Å². The zero-order valence-electron chi connectivity index (χ0n) is 19.2. The third-order valence-electron chi connectivity index (χ3n) is 6.14. The first-order chi connectivity index (χ1) is 17.6. The van der Waals surface area contributed by atoms with Crippen LogP contribution in [0.3, 0.4) is 0 Å². The van der Waals surface area contributed by atoms with E-state index in [0.717, 1.165) is 11.3 Å². The number of aliphatic carboxylic acids is 1. The molecule has 1 aliphatic carbocycles. The van der Waals surface area contributed by atoms with E-state index in [9.17, 15) is 19.5 Å². The second-order valence-corrected chi connectivity index (χ2v) is 10.9. The zero-order valence-corrected chi connectivity index (χ0v) is 22.4. The maximum Gasteiger partial charge on any atom is 0.312 e. The molecule has 5 rings (SSSR count). The van der Waals surface area contributed by atoms with Crippen molar-refractivity contribution in [3.05, 3.63) is 109 Å². The number of alkyl halides is 1. The van der Waals surface area contributed by atoms with Crippen LogP contribution in [-0.2, 0) is 9.67 Å². The molecule has 0 spiro atoms. The van der Waals surface area contributed by atoms with E-state index in [-0.39, 0.29) is 31.4 Å². The van der Waals surface area contributed by atoms with Crippen LogP contribution in [0.25, 0.3) is 21.6 Å². The van der Waals surface area contributed by atoms with Crippen LogP contribution in [-0.4, -0.2) is 26.0 Å². The van der Waals surface area contributed by atoms with Crippen LogP contribution in [0.5, 0.6) is 0 Å². The molecular weight excluding hydrogens is 551 g/mol. The summed E-state index contributed by atoms with van der Waals surface area (Å²) in [7, 11) is 0. The Morgan fingerprint density at radius 3 is 2.14 bits per heavy atom. The Kier molecular flexibility index (Phi) is 6.53. The summed E-state index contributed by atoms with van der Waals surface area (Å²) < 4.78 is 3.26. The lowest BCUT2D eigenvalue weighted by Crippen LogP contribution is -2.36. The fourth-order valence-electron chi connectivity index (χ4n) is 4.54. The standard InChI is InChI=1S/C27H18Cl2N2O4S2/c1-15(32)22-21(27(29)14-16(28)12-13-19(27)25(34)35)20-23(33)30(17-8-4-2-5-9-17)26(36)31(24(20)37-22)18-10-6-3-7-11-18/h2-14,19H,1H3,(H,34,35). The van der Waals surface area contributed by atoms with Gasteiger partial charge in [-0.3, -0.25) is 23.5 Å². The Morgan fingerprint density at radius 2 is 1.59 bits per heavy atom. The summed E-state index contributed by atoms with van der Waals surface area (Å²) in [5.74, 6) is -2.87. The minimum absolute atomic E-state index is 0.103. The monoisotopic (exact) mass is 568 g/mol. The predicted molar refractivity (Wildman–Crippen MR) is 149 cm³/mol. The van der Waals surface area contributed by atoms with Crippen LogP contribution in [0.2, 0.25) is 0 Å². The van der Waals surface area contributed by atoms with Crippen molar-refractivity contribution in [2.75, 3.05) is 0 Å². The largest absolute Gasteiger partial charge is 0.481 e. The summed E-state index contributed by atoms with van der Waals surface area (Å²) in [6.07, 6.45) is 4.19. The highest BCUT2D eigenvalue weighted by atomic mass is 35.5. The van der Waals surface area contributed by atoms with E-state index < -0.39 is 22.3 Å². The molecule has 1 aliphatic rings. The Labute approximate surface area is 230 Å². The van der Waals surface area contributed by atoms with Crippen molar-refractivity contribution in [1.29, 1.82) is 0 Å². The molecule has 10 heteroatoms. The number of Topliss-reactive ketones (excluding diaryl/α,β-unsaturated/α-hetero) is 1. The van der Waals surface area contributed by atoms with Gasteiger partial charge in [-0.1, -0.05) is 54.1 Å². The molecule has 2 atom stereocenters. The quantitative estimate of drug-likeness (QED) is 0.166. The van der Waals surface area contributed by atoms with Crippen LogP contribution in [0.15, 0.2) is 88.7 Å². The normalized spacial score (nSPS) is 19.1. The van der Waals surface area contributed by atoms with E-state index in [4.69, 9.17) is 35.4 Å². The molecule has 0 bridgehead atoms. The first-order valence-electron chi connectivity index (χ1n) is 11.1. The number of carbonyl (C=O) groups is 2. The lowest BCUT2D eigenvalue weighted by atomic mass is 9.80. The number of aromatic nitrogens is 2. The Bertz CT molecular complexity index is 1750. The maximum absolute atomic E-state index is 14.2. The molecule has 0 saturated heterocycles. The number of nitrogens with zero attached hydrogens (tertiary/aromatic N) is 2. The van der Waals surface area contributed by atoms with Gasteiger partial charge >= 0.3 is 5.97 Å². The second-order valence-electron chi connectivity index (χ2n) is 8.44. The molecule has 0 amide bonds. The minimum atomic E-state index is -1.80. The zero-order chi connectivity index (χ0) is 26.5. The molecule has 0 fully saturated rings. The number of carboxylic acid groups (broad SMARTS) is 1. The number of benzene rings is 2. The van der Waals surface area contributed by atoms with Crippen molar-refractivity contribution in [3.8, 4) is 11.4 Å². The number of carbonyl (C=O) groups excluding carboxylic acids is 1. The molecule has 1 N–H and O–H groups in total. The molecule has 4 aromatic rings. The Morgan fingerprint density at radius 1 is 1.03 bits per heavy atom. The number of thiophene rings is 1. The average Bonchev–Trinajstić information content (AvgIpc) is 3.27. The Balaban J connectivity index is 2.04. The van der Waals surface area contributed by atoms with Crippen molar-refractivity contribution in [2.24, 2.45) is 5.92 Å². The lowest BCUT2D eigenvalue weighted by molar-refractivity contribution is -0.140. The van der Waals surface area contributed by atoms with Crippen LogP contribution in [0.1, 0.15) is 22.2 Å². The van der Waals surface area contributed by atoms with Gasteiger partial charge in [0.1, 0.15) is 15.6 Å². The second kappa shape index (κ2) is 9.54. The maximum atomic E-state index is 14.2. The number of para-hydroxylation sites is 2. The van der Waals surface area contributed by atoms with E-state index in [0.29, 0.717) is 16.2 Å². The van der Waals surface area contributed by atoms with Gasteiger partial charge in [-0.05, 0) is 55.6 Å². The molecule has 37 heavy (non-hydrogen) atoms. The third kappa shape index (κ3) is 4.10. The molecule has 0 radical (unpaired) electrons. The lowest BCUT2D eigenvalue weighted by Gasteiger charge is -2.31. The summed E-state index contributed by atoms with van der Waals surface area (Å²) in [6, 6.07) is 18.0. The molecule has 186 valence electrons. The number of ketones is 1. The number of carboxylic acids is 1. The predicted octanol–water partition coefficient (Wildman–Crippen LogP) is 6.60. The molecule has 2 heterocycles. The van der Waals surface area contributed by atoms with Gasteiger partial charge in [0.2, 0.25) is 0 Å². The fraction of sp³-hybridized carbons (Fsp3) is 0.111. The fourth-order valence-corrected chi connectivity index (χ4v) is 7.10. The highest BCUT2D eigenvalue weighted by molar-refractivity contribution is 7.71. The van der Waals surface area contributed by atoms with Crippen LogP contribution in [0.4, 0.5) is 0 Å². The molecule has 0 saturated carbocycles. The van der Waals surface area contributed by atoms with Crippen LogP contribution >= 0.6 is 46.8 Å². The number of rotatable bonds is 5. The summed E-state index contributed by atoms with van der Waals surface area (Å²) in [5.41, 5.74) is 0.771.